The van der Waals surface area contributed by atoms with Crippen LogP contribution in [0.5, 0.6) is 0 Å². The topological polar surface area (TPSA) is 145 Å². The molecule has 0 aliphatic carbocycles. The number of fused-ring (bicyclic) bond motifs is 4. The van der Waals surface area contributed by atoms with Crippen LogP contribution in [0.3, 0.4) is 0 Å². The van der Waals surface area contributed by atoms with Crippen LogP contribution in [-0.4, -0.2) is 70.2 Å². The number of esters is 2. The van der Waals surface area contributed by atoms with Crippen molar-refractivity contribution in [3.63, 3.8) is 0 Å². The fourth-order valence-corrected chi connectivity index (χ4v) is 5.79. The van der Waals surface area contributed by atoms with Crippen molar-refractivity contribution in [1.82, 2.24) is 9.80 Å². The summed E-state index contributed by atoms with van der Waals surface area (Å²) in [6.45, 7) is 0. The maximum atomic E-state index is 12.5. The number of carbonyl (C=O) groups is 4. The zero-order valence-corrected chi connectivity index (χ0v) is 17.0. The Kier molecular flexibility index (Phi) is 5.97. The summed E-state index contributed by atoms with van der Waals surface area (Å²) in [5.41, 5.74) is 12.1. The molecule has 0 saturated carbocycles. The number of piperidine rings is 4. The molecule has 0 aromatic carbocycles. The van der Waals surface area contributed by atoms with Crippen LogP contribution in [0.2, 0.25) is 0 Å². The van der Waals surface area contributed by atoms with Gasteiger partial charge in [-0.05, 0) is 64.2 Å². The van der Waals surface area contributed by atoms with Crippen molar-refractivity contribution < 1.29 is 28.7 Å². The number of ether oxygens (including phenoxy) is 2. The molecule has 4 saturated heterocycles. The minimum atomic E-state index is -1.47. The van der Waals surface area contributed by atoms with Crippen LogP contribution < -0.4 is 11.5 Å². The fourth-order valence-electron chi connectivity index (χ4n) is 5.79. The Labute approximate surface area is 175 Å². The van der Waals surface area contributed by atoms with Crippen molar-refractivity contribution in [3.8, 4) is 0 Å². The molecule has 2 amide bonds. The van der Waals surface area contributed by atoms with Crippen LogP contribution in [0, 0.1) is 0 Å². The smallest absolute Gasteiger partial charge is 0.367 e. The van der Waals surface area contributed by atoms with E-state index in [4.69, 9.17) is 20.9 Å². The largest absolute Gasteiger partial charge is 0.426 e. The lowest BCUT2D eigenvalue weighted by Crippen LogP contribution is -2.58. The van der Waals surface area contributed by atoms with Crippen molar-refractivity contribution in [1.29, 1.82) is 0 Å². The molecule has 30 heavy (non-hydrogen) atoms. The van der Waals surface area contributed by atoms with Crippen LogP contribution in [0.1, 0.15) is 64.2 Å². The summed E-state index contributed by atoms with van der Waals surface area (Å²) in [5, 5.41) is 0. The molecule has 10 heteroatoms. The highest BCUT2D eigenvalue weighted by Crippen LogP contribution is 2.35. The number of hydrogen-bond donors (Lipinski definition) is 2. The van der Waals surface area contributed by atoms with E-state index >= 15 is 0 Å². The van der Waals surface area contributed by atoms with Crippen LogP contribution in [0.4, 0.5) is 9.59 Å². The third kappa shape index (κ3) is 4.15. The first-order valence-electron chi connectivity index (χ1n) is 10.9. The quantitative estimate of drug-likeness (QED) is 0.334. The molecule has 4 fully saturated rings. The summed E-state index contributed by atoms with van der Waals surface area (Å²) in [4.78, 5) is 52.4. The molecule has 4 bridgehead atoms. The van der Waals surface area contributed by atoms with Gasteiger partial charge < -0.3 is 30.7 Å². The molecule has 0 spiro atoms. The highest BCUT2D eigenvalue weighted by Gasteiger charge is 2.44. The molecule has 4 unspecified atom stereocenters. The molecule has 4 aliphatic heterocycles. The number of rotatable bonds is 0. The van der Waals surface area contributed by atoms with E-state index in [9.17, 15) is 19.2 Å². The molecule has 4 aliphatic rings. The molecular formula is C20H30N4O6. The molecule has 0 aromatic heterocycles. The highest BCUT2D eigenvalue weighted by atomic mass is 16.7. The number of carbonyl (C=O) groups excluding carboxylic acids is 4. The molecule has 0 radical (unpaired) electrons. The van der Waals surface area contributed by atoms with Gasteiger partial charge in [0.15, 0.2) is 0 Å². The first-order chi connectivity index (χ1) is 14.3. The SMILES string of the molecule is NC1CC2CCCC(C1)N2C(=O)OC(=O)C(=O)OC(=O)N1C2CCCC1CC(N)C2. The molecule has 4 N–H and O–H groups in total. The second kappa shape index (κ2) is 8.50. The molecule has 0 aromatic rings. The predicted molar refractivity (Wildman–Crippen MR) is 104 cm³/mol. The lowest BCUT2D eigenvalue weighted by Gasteiger charge is -2.47. The van der Waals surface area contributed by atoms with Gasteiger partial charge in [-0.15, -0.1) is 0 Å². The van der Waals surface area contributed by atoms with Gasteiger partial charge in [-0.2, -0.15) is 0 Å². The Balaban J connectivity index is 1.33. The average Bonchev–Trinajstić information content (AvgIpc) is 2.66. The summed E-state index contributed by atoms with van der Waals surface area (Å²) in [6.07, 6.45) is 5.95. The normalized spacial score (nSPS) is 35.4. The van der Waals surface area contributed by atoms with Crippen LogP contribution in [0.25, 0.3) is 0 Å². The zero-order chi connectivity index (χ0) is 21.4. The minimum Gasteiger partial charge on any atom is -0.367 e. The summed E-state index contributed by atoms with van der Waals surface area (Å²) in [6, 6.07) is -0.353. The molecule has 10 nitrogen and oxygen atoms in total. The summed E-state index contributed by atoms with van der Waals surface area (Å²) in [5.74, 6) is -2.94. The highest BCUT2D eigenvalue weighted by molar-refractivity contribution is 6.33. The maximum absolute atomic E-state index is 12.5. The van der Waals surface area contributed by atoms with Gasteiger partial charge in [0.2, 0.25) is 0 Å². The zero-order valence-electron chi connectivity index (χ0n) is 17.0. The summed E-state index contributed by atoms with van der Waals surface area (Å²) in [7, 11) is 0. The second-order valence-corrected chi connectivity index (χ2v) is 9.07. The number of hydrogen-bond acceptors (Lipinski definition) is 8. The maximum Gasteiger partial charge on any atom is 0.426 e. The molecule has 4 atom stereocenters. The van der Waals surface area contributed by atoms with Gasteiger partial charge in [0.05, 0.1) is 0 Å². The second-order valence-electron chi connectivity index (χ2n) is 9.07. The Hall–Kier alpha value is -2.20. The van der Waals surface area contributed by atoms with Crippen LogP contribution in [0.15, 0.2) is 0 Å². The van der Waals surface area contributed by atoms with Gasteiger partial charge in [-0.25, -0.2) is 19.2 Å². The average molecular weight is 422 g/mol. The third-order valence-electron chi connectivity index (χ3n) is 6.97. The van der Waals surface area contributed by atoms with E-state index in [1.165, 1.54) is 9.80 Å². The molecule has 4 heterocycles. The van der Waals surface area contributed by atoms with Crippen molar-refractivity contribution in [2.45, 2.75) is 100 Å². The van der Waals surface area contributed by atoms with Gasteiger partial charge in [0.25, 0.3) is 0 Å². The van der Waals surface area contributed by atoms with E-state index < -0.39 is 24.1 Å². The van der Waals surface area contributed by atoms with Gasteiger partial charge in [0, 0.05) is 36.3 Å². The van der Waals surface area contributed by atoms with E-state index in [-0.39, 0.29) is 36.3 Å². The molecule has 4 rings (SSSR count). The number of amides is 2. The summed E-state index contributed by atoms with van der Waals surface area (Å²) < 4.78 is 9.53. The Morgan fingerprint density at radius 2 is 0.900 bits per heavy atom. The van der Waals surface area contributed by atoms with E-state index in [1.54, 1.807) is 0 Å². The van der Waals surface area contributed by atoms with E-state index in [0.29, 0.717) is 25.7 Å². The standard InChI is InChI=1S/C20H30N4O6/c21-11-7-13-3-1-4-14(8-11)23(13)19(27)29-17(25)18(26)30-20(28)24-15-5-2-6-16(24)10-12(22)9-15/h11-16H,1-10,21-22H2. The van der Waals surface area contributed by atoms with Crippen molar-refractivity contribution in [3.05, 3.63) is 0 Å². The Bertz CT molecular complexity index is 642. The van der Waals surface area contributed by atoms with Crippen molar-refractivity contribution >= 4 is 24.1 Å². The lowest BCUT2D eigenvalue weighted by atomic mass is 9.82. The van der Waals surface area contributed by atoms with Gasteiger partial charge in [-0.3, -0.25) is 0 Å². The van der Waals surface area contributed by atoms with Crippen molar-refractivity contribution in [2.24, 2.45) is 11.5 Å². The minimum absolute atomic E-state index is 0.0137. The predicted octanol–water partition coefficient (Wildman–Crippen LogP) is 1.00. The van der Waals surface area contributed by atoms with E-state index in [0.717, 1.165) is 38.5 Å². The lowest BCUT2D eigenvalue weighted by molar-refractivity contribution is -0.162. The van der Waals surface area contributed by atoms with Gasteiger partial charge in [-0.1, -0.05) is 0 Å². The Morgan fingerprint density at radius 3 is 1.20 bits per heavy atom. The van der Waals surface area contributed by atoms with Crippen LogP contribution >= 0.6 is 0 Å². The number of nitrogens with two attached hydrogens (primary N) is 2. The van der Waals surface area contributed by atoms with Gasteiger partial charge in [0.1, 0.15) is 0 Å². The third-order valence-corrected chi connectivity index (χ3v) is 6.97. The number of nitrogens with zero attached hydrogens (tertiary/aromatic N) is 2. The monoisotopic (exact) mass is 422 g/mol. The molecule has 166 valence electrons. The molecular weight excluding hydrogens is 392 g/mol. The first-order valence-corrected chi connectivity index (χ1v) is 10.9. The fraction of sp³-hybridized carbons (Fsp3) is 0.800. The summed E-state index contributed by atoms with van der Waals surface area (Å²) >= 11 is 0. The Morgan fingerprint density at radius 1 is 0.600 bits per heavy atom. The van der Waals surface area contributed by atoms with Crippen molar-refractivity contribution in [2.75, 3.05) is 0 Å². The first kappa shape index (κ1) is 21.0. The van der Waals surface area contributed by atoms with E-state index in [2.05, 4.69) is 0 Å². The van der Waals surface area contributed by atoms with Gasteiger partial charge >= 0.3 is 24.1 Å². The van der Waals surface area contributed by atoms with E-state index in [1.807, 2.05) is 0 Å². The van der Waals surface area contributed by atoms with Crippen LogP contribution in [-0.2, 0) is 19.1 Å².